The predicted molar refractivity (Wildman–Crippen MR) is 67.8 cm³/mol. The average Bonchev–Trinajstić information content (AvgIpc) is 2.15. The molecule has 1 heterocycles. The van der Waals surface area contributed by atoms with Gasteiger partial charge in [-0.05, 0) is 20.8 Å². The summed E-state index contributed by atoms with van der Waals surface area (Å²) in [6.45, 7) is 7.26. The maximum atomic E-state index is 11.8. The van der Waals surface area contributed by atoms with Crippen LogP contribution in [-0.2, 0) is 4.74 Å². The summed E-state index contributed by atoms with van der Waals surface area (Å²) in [6.07, 6.45) is -0.186. The Balaban J connectivity index is 2.45. The first-order valence-electron chi connectivity index (χ1n) is 5.08. The highest BCUT2D eigenvalue weighted by molar-refractivity contribution is 9.09. The topological polar surface area (TPSA) is 29.5 Å². The van der Waals surface area contributed by atoms with E-state index in [0.29, 0.717) is 5.25 Å². The lowest BCUT2D eigenvalue weighted by molar-refractivity contribution is 0.0259. The fourth-order valence-corrected chi connectivity index (χ4v) is 3.10. The van der Waals surface area contributed by atoms with E-state index in [4.69, 9.17) is 4.74 Å². The number of halogens is 1. The van der Waals surface area contributed by atoms with Crippen LogP contribution < -0.4 is 0 Å². The van der Waals surface area contributed by atoms with E-state index in [-0.39, 0.29) is 6.09 Å². The van der Waals surface area contributed by atoms with Gasteiger partial charge in [-0.1, -0.05) is 15.9 Å². The van der Waals surface area contributed by atoms with Crippen LogP contribution in [0.15, 0.2) is 0 Å². The van der Waals surface area contributed by atoms with Crippen molar-refractivity contribution >= 4 is 33.8 Å². The largest absolute Gasteiger partial charge is 0.444 e. The second kappa shape index (κ2) is 5.43. The minimum Gasteiger partial charge on any atom is -0.444 e. The van der Waals surface area contributed by atoms with Crippen molar-refractivity contribution in [3.05, 3.63) is 0 Å². The number of hydrogen-bond acceptors (Lipinski definition) is 3. The first kappa shape index (κ1) is 13.2. The second-order valence-corrected chi connectivity index (χ2v) is 6.63. The van der Waals surface area contributed by atoms with Crippen LogP contribution in [0, 0.1) is 0 Å². The Morgan fingerprint density at radius 1 is 1.60 bits per heavy atom. The van der Waals surface area contributed by atoms with Crippen molar-refractivity contribution in [3.8, 4) is 0 Å². The van der Waals surface area contributed by atoms with Crippen molar-refractivity contribution in [3.63, 3.8) is 0 Å². The fraction of sp³-hybridized carbons (Fsp3) is 0.900. The van der Waals surface area contributed by atoms with Crippen molar-refractivity contribution in [1.82, 2.24) is 4.90 Å². The summed E-state index contributed by atoms with van der Waals surface area (Å²) in [6, 6.07) is 0. The molecule has 5 heteroatoms. The number of alkyl halides is 1. The van der Waals surface area contributed by atoms with Gasteiger partial charge in [-0.25, -0.2) is 4.79 Å². The monoisotopic (exact) mass is 295 g/mol. The Hall–Kier alpha value is 0.100. The quantitative estimate of drug-likeness (QED) is 0.697. The van der Waals surface area contributed by atoms with Crippen molar-refractivity contribution in [1.29, 1.82) is 0 Å². The molecule has 0 unspecified atom stereocenters. The van der Waals surface area contributed by atoms with Gasteiger partial charge in [0, 0.05) is 29.4 Å². The third-order valence-corrected chi connectivity index (χ3v) is 4.38. The zero-order valence-corrected chi connectivity index (χ0v) is 11.9. The van der Waals surface area contributed by atoms with Crippen molar-refractivity contribution in [2.24, 2.45) is 0 Å². The van der Waals surface area contributed by atoms with Crippen LogP contribution in [0.25, 0.3) is 0 Å². The van der Waals surface area contributed by atoms with E-state index >= 15 is 0 Å². The van der Waals surface area contributed by atoms with Gasteiger partial charge in [-0.2, -0.15) is 11.8 Å². The number of nitrogens with zero attached hydrogens (tertiary/aromatic N) is 1. The molecule has 0 aliphatic carbocycles. The van der Waals surface area contributed by atoms with E-state index in [0.717, 1.165) is 24.2 Å². The molecule has 0 aromatic rings. The number of carbonyl (C=O) groups excluding carboxylic acids is 1. The van der Waals surface area contributed by atoms with Crippen molar-refractivity contribution < 1.29 is 9.53 Å². The minimum atomic E-state index is -0.397. The van der Waals surface area contributed by atoms with Crippen LogP contribution in [0.1, 0.15) is 20.8 Å². The molecule has 1 saturated heterocycles. The average molecular weight is 296 g/mol. The molecule has 0 N–H and O–H groups in total. The van der Waals surface area contributed by atoms with Crippen LogP contribution in [-0.4, -0.2) is 46.0 Å². The summed E-state index contributed by atoms with van der Waals surface area (Å²) in [5.41, 5.74) is -0.397. The molecule has 0 aromatic carbocycles. The Morgan fingerprint density at radius 2 is 2.27 bits per heavy atom. The summed E-state index contributed by atoms with van der Waals surface area (Å²) >= 11 is 5.36. The zero-order valence-electron chi connectivity index (χ0n) is 9.46. The molecule has 0 saturated carbocycles. The summed E-state index contributed by atoms with van der Waals surface area (Å²) in [5.74, 6) is 0.996. The number of amides is 1. The molecule has 15 heavy (non-hydrogen) atoms. The fourth-order valence-electron chi connectivity index (χ4n) is 1.31. The Kier molecular flexibility index (Phi) is 4.77. The summed E-state index contributed by atoms with van der Waals surface area (Å²) in [7, 11) is 0. The second-order valence-electron chi connectivity index (χ2n) is 4.57. The number of carbonyl (C=O) groups is 1. The molecule has 1 aliphatic heterocycles. The first-order valence-corrected chi connectivity index (χ1v) is 7.25. The van der Waals surface area contributed by atoms with Gasteiger partial charge in [0.05, 0.1) is 0 Å². The Labute approximate surface area is 104 Å². The Morgan fingerprint density at radius 3 is 2.80 bits per heavy atom. The van der Waals surface area contributed by atoms with E-state index < -0.39 is 5.60 Å². The molecular weight excluding hydrogens is 278 g/mol. The first-order chi connectivity index (χ1) is 6.92. The van der Waals surface area contributed by atoms with Gasteiger partial charge in [0.2, 0.25) is 0 Å². The highest BCUT2D eigenvalue weighted by Crippen LogP contribution is 2.21. The minimum absolute atomic E-state index is 0.186. The number of rotatable bonds is 1. The summed E-state index contributed by atoms with van der Waals surface area (Å²) < 4.78 is 5.33. The zero-order chi connectivity index (χ0) is 11.5. The van der Waals surface area contributed by atoms with Crippen LogP contribution in [0.2, 0.25) is 0 Å². The van der Waals surface area contributed by atoms with Crippen LogP contribution in [0.4, 0.5) is 4.79 Å². The van der Waals surface area contributed by atoms with Gasteiger partial charge >= 0.3 is 6.09 Å². The summed E-state index contributed by atoms with van der Waals surface area (Å²) in [5, 5.41) is 1.42. The standard InChI is InChI=1S/C10H18BrNO2S/c1-10(2,3)14-9(13)12-4-5-15-8(6-11)7-12/h8H,4-7H2,1-3H3/t8-/m1/s1. The third kappa shape index (κ3) is 4.64. The van der Waals surface area contributed by atoms with Crippen LogP contribution in [0.5, 0.6) is 0 Å². The highest BCUT2D eigenvalue weighted by Gasteiger charge is 2.27. The lowest BCUT2D eigenvalue weighted by Crippen LogP contribution is -2.44. The number of hydrogen-bond donors (Lipinski definition) is 0. The molecular formula is C10H18BrNO2S. The van der Waals surface area contributed by atoms with Crippen molar-refractivity contribution in [2.45, 2.75) is 31.6 Å². The molecule has 0 bridgehead atoms. The van der Waals surface area contributed by atoms with E-state index in [1.165, 1.54) is 0 Å². The van der Waals surface area contributed by atoms with Crippen LogP contribution in [0.3, 0.4) is 0 Å². The molecule has 1 rings (SSSR count). The predicted octanol–water partition coefficient (Wildman–Crippen LogP) is 2.73. The van der Waals surface area contributed by atoms with Gasteiger partial charge in [0.1, 0.15) is 5.60 Å². The third-order valence-electron chi connectivity index (χ3n) is 1.96. The normalized spacial score (nSPS) is 22.7. The molecule has 88 valence electrons. The van der Waals surface area contributed by atoms with Gasteiger partial charge in [0.25, 0.3) is 0 Å². The van der Waals surface area contributed by atoms with Crippen molar-refractivity contribution in [2.75, 3.05) is 24.2 Å². The van der Waals surface area contributed by atoms with E-state index in [1.807, 2.05) is 32.5 Å². The summed E-state index contributed by atoms with van der Waals surface area (Å²) in [4.78, 5) is 13.6. The SMILES string of the molecule is CC(C)(C)OC(=O)N1CCS[C@H](CBr)C1. The van der Waals surface area contributed by atoms with Gasteiger partial charge in [-0.3, -0.25) is 0 Å². The number of ether oxygens (including phenoxy) is 1. The smallest absolute Gasteiger partial charge is 0.410 e. The molecule has 0 spiro atoms. The highest BCUT2D eigenvalue weighted by atomic mass is 79.9. The molecule has 1 atom stereocenters. The van der Waals surface area contributed by atoms with E-state index in [9.17, 15) is 4.79 Å². The molecule has 1 fully saturated rings. The van der Waals surface area contributed by atoms with Gasteiger partial charge in [-0.15, -0.1) is 0 Å². The molecule has 1 aliphatic rings. The van der Waals surface area contributed by atoms with Gasteiger partial charge < -0.3 is 9.64 Å². The maximum Gasteiger partial charge on any atom is 0.410 e. The van der Waals surface area contributed by atoms with E-state index in [1.54, 1.807) is 4.90 Å². The molecule has 3 nitrogen and oxygen atoms in total. The van der Waals surface area contributed by atoms with Crippen LogP contribution >= 0.6 is 27.7 Å². The lowest BCUT2D eigenvalue weighted by Gasteiger charge is -2.33. The molecule has 0 aromatic heterocycles. The van der Waals surface area contributed by atoms with E-state index in [2.05, 4.69) is 15.9 Å². The maximum absolute atomic E-state index is 11.8. The Bertz CT molecular complexity index is 230. The molecule has 0 radical (unpaired) electrons. The number of thioether (sulfide) groups is 1. The molecule has 1 amide bonds. The van der Waals surface area contributed by atoms with Gasteiger partial charge in [0.15, 0.2) is 0 Å². The lowest BCUT2D eigenvalue weighted by atomic mass is 10.2.